The van der Waals surface area contributed by atoms with E-state index >= 15 is 0 Å². The van der Waals surface area contributed by atoms with E-state index < -0.39 is 10.0 Å². The molecule has 2 aromatic rings. The standard InChI is InChI=1S/C29H38N4O5S/c1-29(2)19-27(29)31-26-18-23(6-9-25(26)30-20-21-10-14-37-15-11-21)32(3)39(35,36)24-7-4-22(5-8-24)28(34)33-12-16-38-17-13-33/h4-9,18,21,30H,10-17,19-20H2,1-3H3. The minimum absolute atomic E-state index is 0.0758. The lowest BCUT2D eigenvalue weighted by molar-refractivity contribution is 0.0303. The third kappa shape index (κ3) is 6.28. The van der Waals surface area contributed by atoms with Gasteiger partial charge >= 0.3 is 0 Å². The van der Waals surface area contributed by atoms with Crippen molar-refractivity contribution >= 4 is 38.7 Å². The van der Waals surface area contributed by atoms with E-state index in [1.807, 2.05) is 18.2 Å². The van der Waals surface area contributed by atoms with Crippen molar-refractivity contribution in [1.82, 2.24) is 4.90 Å². The van der Waals surface area contributed by atoms with Crippen molar-refractivity contribution in [2.75, 3.05) is 62.7 Å². The number of carbonyl (C=O) groups is 1. The molecule has 3 aliphatic rings. The van der Waals surface area contributed by atoms with Crippen molar-refractivity contribution in [1.29, 1.82) is 0 Å². The molecule has 39 heavy (non-hydrogen) atoms. The molecular weight excluding hydrogens is 516 g/mol. The van der Waals surface area contributed by atoms with E-state index in [4.69, 9.17) is 14.5 Å². The molecule has 2 saturated heterocycles. The van der Waals surface area contributed by atoms with Crippen molar-refractivity contribution in [3.8, 4) is 0 Å². The molecule has 2 aliphatic heterocycles. The first-order chi connectivity index (χ1) is 18.6. The summed E-state index contributed by atoms with van der Waals surface area (Å²) in [5, 5.41) is 3.55. The topological polar surface area (TPSA) is 101 Å². The number of aliphatic imine (C=N–C) groups is 1. The van der Waals surface area contributed by atoms with Gasteiger partial charge < -0.3 is 19.7 Å². The van der Waals surface area contributed by atoms with Crippen LogP contribution in [0.25, 0.3) is 0 Å². The predicted octanol–water partition coefficient (Wildman–Crippen LogP) is 4.33. The van der Waals surface area contributed by atoms with Gasteiger partial charge in [0, 0.05) is 56.6 Å². The van der Waals surface area contributed by atoms with Crippen LogP contribution in [0.15, 0.2) is 52.4 Å². The molecule has 10 heteroatoms. The van der Waals surface area contributed by atoms with Gasteiger partial charge in [-0.15, -0.1) is 0 Å². The third-order valence-corrected chi connectivity index (χ3v) is 9.65. The highest BCUT2D eigenvalue weighted by Gasteiger charge is 2.41. The van der Waals surface area contributed by atoms with E-state index in [-0.39, 0.29) is 16.2 Å². The molecule has 1 aliphatic carbocycles. The van der Waals surface area contributed by atoms with Crippen molar-refractivity contribution < 1.29 is 22.7 Å². The Morgan fingerprint density at radius 2 is 1.69 bits per heavy atom. The van der Waals surface area contributed by atoms with E-state index in [1.165, 1.54) is 16.4 Å². The van der Waals surface area contributed by atoms with Gasteiger partial charge in [0.05, 0.1) is 35.2 Å². The second-order valence-corrected chi connectivity index (χ2v) is 13.1. The van der Waals surface area contributed by atoms with Crippen molar-refractivity contribution in [2.45, 2.75) is 38.0 Å². The van der Waals surface area contributed by atoms with Gasteiger partial charge in [0.2, 0.25) is 0 Å². The Morgan fingerprint density at radius 3 is 2.33 bits per heavy atom. The lowest BCUT2D eigenvalue weighted by atomic mass is 10.0. The quantitative estimate of drug-likeness (QED) is 0.522. The number of sulfonamides is 1. The van der Waals surface area contributed by atoms with Crippen LogP contribution in [0.2, 0.25) is 0 Å². The number of anilines is 2. The Morgan fingerprint density at radius 1 is 1.05 bits per heavy atom. The molecule has 0 spiro atoms. The van der Waals surface area contributed by atoms with Gasteiger partial charge in [-0.2, -0.15) is 0 Å². The van der Waals surface area contributed by atoms with Crippen LogP contribution >= 0.6 is 0 Å². The normalized spacial score (nSPS) is 20.6. The fourth-order valence-electron chi connectivity index (χ4n) is 4.89. The van der Waals surface area contributed by atoms with Crippen LogP contribution in [-0.2, 0) is 19.5 Å². The summed E-state index contributed by atoms with van der Waals surface area (Å²) in [6, 6.07) is 11.7. The van der Waals surface area contributed by atoms with Crippen LogP contribution in [0.3, 0.4) is 0 Å². The molecule has 0 atom stereocenters. The summed E-state index contributed by atoms with van der Waals surface area (Å²) in [4.78, 5) is 19.5. The highest BCUT2D eigenvalue weighted by molar-refractivity contribution is 7.92. The second kappa shape index (κ2) is 11.3. The zero-order chi connectivity index (χ0) is 27.6. The van der Waals surface area contributed by atoms with Gasteiger partial charge in [0.15, 0.2) is 0 Å². The van der Waals surface area contributed by atoms with Gasteiger partial charge in [-0.1, -0.05) is 13.8 Å². The number of rotatable bonds is 8. The van der Waals surface area contributed by atoms with Crippen LogP contribution in [0.4, 0.5) is 17.1 Å². The number of nitrogens with one attached hydrogen (secondary N) is 1. The van der Waals surface area contributed by atoms with Crippen LogP contribution in [0, 0.1) is 11.3 Å². The van der Waals surface area contributed by atoms with Crippen LogP contribution in [0.1, 0.15) is 43.5 Å². The number of nitrogens with zero attached hydrogens (tertiary/aromatic N) is 3. The maximum Gasteiger partial charge on any atom is 0.264 e. The number of benzene rings is 2. The number of amides is 1. The number of morpholine rings is 1. The predicted molar refractivity (Wildman–Crippen MR) is 153 cm³/mol. The fraction of sp³-hybridized carbons (Fsp3) is 0.517. The third-order valence-electron chi connectivity index (χ3n) is 7.85. The Hall–Kier alpha value is -2.95. The first-order valence-corrected chi connectivity index (χ1v) is 15.1. The Bertz CT molecular complexity index is 1330. The maximum atomic E-state index is 13.5. The lowest BCUT2D eigenvalue weighted by Crippen LogP contribution is -2.40. The first-order valence-electron chi connectivity index (χ1n) is 13.6. The zero-order valence-corrected chi connectivity index (χ0v) is 23.8. The molecule has 1 amide bonds. The molecular formula is C29H38N4O5S. The first kappa shape index (κ1) is 27.6. The summed E-state index contributed by atoms with van der Waals surface area (Å²) >= 11 is 0. The van der Waals surface area contributed by atoms with Crippen molar-refractivity contribution in [2.24, 2.45) is 16.3 Å². The summed E-state index contributed by atoms with van der Waals surface area (Å²) in [5.41, 5.74) is 3.82. The average Bonchev–Trinajstić information content (AvgIpc) is 3.57. The molecule has 1 N–H and O–H groups in total. The van der Waals surface area contributed by atoms with Gasteiger partial charge in [-0.3, -0.25) is 14.1 Å². The van der Waals surface area contributed by atoms with E-state index in [0.29, 0.717) is 43.5 Å². The van der Waals surface area contributed by atoms with Gasteiger partial charge in [0.25, 0.3) is 15.9 Å². The molecule has 2 aromatic carbocycles. The summed E-state index contributed by atoms with van der Waals surface area (Å²) in [6.45, 7) is 8.82. The molecule has 5 rings (SSSR count). The fourth-order valence-corrected chi connectivity index (χ4v) is 6.08. The SMILES string of the molecule is CN(c1ccc(NCC2CCOCC2)c(N=C2CC2(C)C)c1)S(=O)(=O)c1ccc(C(=O)N2CCOCC2)cc1. The summed E-state index contributed by atoms with van der Waals surface area (Å²) in [7, 11) is -2.30. The molecule has 9 nitrogen and oxygen atoms in total. The number of hydrogen-bond donors (Lipinski definition) is 1. The molecule has 3 fully saturated rings. The largest absolute Gasteiger partial charge is 0.383 e. The van der Waals surface area contributed by atoms with Crippen molar-refractivity contribution in [3.05, 3.63) is 48.0 Å². The van der Waals surface area contributed by atoms with Crippen LogP contribution < -0.4 is 9.62 Å². The number of hydrogen-bond acceptors (Lipinski definition) is 7. The molecule has 1 saturated carbocycles. The summed E-state index contributed by atoms with van der Waals surface area (Å²) < 4.78 is 39.1. The number of carbonyl (C=O) groups excluding carboxylic acids is 1. The molecule has 0 bridgehead atoms. The van der Waals surface area contributed by atoms with Gasteiger partial charge in [0.1, 0.15) is 0 Å². The zero-order valence-electron chi connectivity index (χ0n) is 23.0. The summed E-state index contributed by atoms with van der Waals surface area (Å²) in [5.74, 6) is 0.420. The number of ether oxygens (including phenoxy) is 2. The molecule has 0 unspecified atom stereocenters. The smallest absolute Gasteiger partial charge is 0.264 e. The summed E-state index contributed by atoms with van der Waals surface area (Å²) in [6.07, 6.45) is 2.99. The van der Waals surface area contributed by atoms with Gasteiger partial charge in [-0.05, 0) is 67.6 Å². The van der Waals surface area contributed by atoms with E-state index in [9.17, 15) is 13.2 Å². The monoisotopic (exact) mass is 554 g/mol. The lowest BCUT2D eigenvalue weighted by Gasteiger charge is -2.27. The molecule has 210 valence electrons. The Kier molecular flexibility index (Phi) is 7.98. The highest BCUT2D eigenvalue weighted by atomic mass is 32.2. The maximum absolute atomic E-state index is 13.5. The van der Waals surface area contributed by atoms with E-state index in [2.05, 4.69) is 19.2 Å². The Balaban J connectivity index is 1.35. The Labute approximate surface area is 231 Å². The van der Waals surface area contributed by atoms with Crippen molar-refractivity contribution in [3.63, 3.8) is 0 Å². The highest BCUT2D eigenvalue weighted by Crippen LogP contribution is 2.44. The second-order valence-electron chi connectivity index (χ2n) is 11.2. The van der Waals surface area contributed by atoms with E-state index in [0.717, 1.165) is 56.1 Å². The molecule has 0 aromatic heterocycles. The molecule has 0 radical (unpaired) electrons. The molecule has 2 heterocycles. The van der Waals surface area contributed by atoms with Crippen LogP contribution in [-0.4, -0.2) is 78.0 Å². The van der Waals surface area contributed by atoms with Crippen LogP contribution in [0.5, 0.6) is 0 Å². The minimum Gasteiger partial charge on any atom is -0.383 e. The minimum atomic E-state index is -3.85. The van der Waals surface area contributed by atoms with E-state index in [1.54, 1.807) is 24.1 Å². The average molecular weight is 555 g/mol. The van der Waals surface area contributed by atoms with Gasteiger partial charge in [-0.25, -0.2) is 8.42 Å².